The third-order valence-corrected chi connectivity index (χ3v) is 3.77. The fraction of sp³-hybridized carbons (Fsp3) is 0.267. The molecular formula is C15H14N2. The second kappa shape index (κ2) is 3.33. The Labute approximate surface area is 99.9 Å². The molecule has 1 aromatic carbocycles. The molecule has 0 atom stereocenters. The predicted molar refractivity (Wildman–Crippen MR) is 69.3 cm³/mol. The molecule has 2 heterocycles. The number of fused-ring (bicyclic) bond motifs is 5. The number of rotatable bonds is 0. The van der Waals surface area contributed by atoms with Crippen LogP contribution in [0.3, 0.4) is 0 Å². The zero-order valence-electron chi connectivity index (χ0n) is 9.69. The van der Waals surface area contributed by atoms with E-state index in [1.165, 1.54) is 42.5 Å². The Balaban J connectivity index is 2.20. The summed E-state index contributed by atoms with van der Waals surface area (Å²) in [5.41, 5.74) is 6.42. The second-order valence-corrected chi connectivity index (χ2v) is 4.81. The first-order chi connectivity index (χ1) is 8.43. The molecule has 0 spiro atoms. The maximum atomic E-state index is 4.69. The molecule has 4 rings (SSSR count). The van der Waals surface area contributed by atoms with E-state index >= 15 is 0 Å². The average Bonchev–Trinajstić information content (AvgIpc) is 2.77. The number of nitrogens with zero attached hydrogens (tertiary/aromatic N) is 2. The minimum Gasteiger partial charge on any atom is -0.296 e. The van der Waals surface area contributed by atoms with Crippen LogP contribution < -0.4 is 0 Å². The van der Waals surface area contributed by atoms with Crippen molar-refractivity contribution < 1.29 is 0 Å². The Hall–Kier alpha value is -1.83. The lowest BCUT2D eigenvalue weighted by molar-refractivity contribution is 0.663. The quantitative estimate of drug-likeness (QED) is 0.570. The average molecular weight is 222 g/mol. The summed E-state index contributed by atoms with van der Waals surface area (Å²) < 4.78 is 2.35. The van der Waals surface area contributed by atoms with Crippen molar-refractivity contribution in [3.8, 4) is 0 Å². The van der Waals surface area contributed by atoms with Gasteiger partial charge in [-0.3, -0.25) is 4.40 Å². The fourth-order valence-corrected chi connectivity index (χ4v) is 2.96. The lowest BCUT2D eigenvalue weighted by atomic mass is 9.96. The second-order valence-electron chi connectivity index (χ2n) is 4.81. The molecule has 1 aliphatic carbocycles. The van der Waals surface area contributed by atoms with Crippen molar-refractivity contribution in [1.29, 1.82) is 0 Å². The third kappa shape index (κ3) is 1.24. The molecule has 2 heteroatoms. The van der Waals surface area contributed by atoms with Gasteiger partial charge in [0.2, 0.25) is 0 Å². The van der Waals surface area contributed by atoms with Gasteiger partial charge in [-0.1, -0.05) is 18.2 Å². The van der Waals surface area contributed by atoms with Crippen molar-refractivity contribution in [2.45, 2.75) is 25.7 Å². The van der Waals surface area contributed by atoms with Crippen LogP contribution in [0.2, 0.25) is 0 Å². The first-order valence-electron chi connectivity index (χ1n) is 6.31. The third-order valence-electron chi connectivity index (χ3n) is 3.77. The predicted octanol–water partition coefficient (Wildman–Crippen LogP) is 3.37. The molecule has 17 heavy (non-hydrogen) atoms. The van der Waals surface area contributed by atoms with E-state index in [4.69, 9.17) is 0 Å². The van der Waals surface area contributed by atoms with Gasteiger partial charge in [-0.15, -0.1) is 0 Å². The first-order valence-corrected chi connectivity index (χ1v) is 6.31. The minimum atomic E-state index is 1.09. The van der Waals surface area contributed by atoms with Gasteiger partial charge in [0.15, 0.2) is 0 Å². The lowest BCUT2D eigenvalue weighted by Gasteiger charge is -2.17. The van der Waals surface area contributed by atoms with Gasteiger partial charge in [-0.25, -0.2) is 4.98 Å². The highest BCUT2D eigenvalue weighted by Gasteiger charge is 2.14. The van der Waals surface area contributed by atoms with Gasteiger partial charge in [0.1, 0.15) is 5.65 Å². The smallest absolute Gasteiger partial charge is 0.138 e. The van der Waals surface area contributed by atoms with Crippen molar-refractivity contribution in [3.63, 3.8) is 0 Å². The molecule has 0 aliphatic heterocycles. The van der Waals surface area contributed by atoms with Crippen molar-refractivity contribution in [1.82, 2.24) is 9.38 Å². The summed E-state index contributed by atoms with van der Waals surface area (Å²) in [7, 11) is 0. The summed E-state index contributed by atoms with van der Waals surface area (Å²) in [4.78, 5) is 4.69. The molecule has 2 nitrogen and oxygen atoms in total. The van der Waals surface area contributed by atoms with Crippen LogP contribution in [0.1, 0.15) is 24.1 Å². The Bertz CT molecular complexity index is 709. The fourth-order valence-electron chi connectivity index (χ4n) is 2.96. The number of hydrogen-bond donors (Lipinski definition) is 0. The molecule has 84 valence electrons. The zero-order chi connectivity index (χ0) is 11.2. The van der Waals surface area contributed by atoms with Crippen LogP contribution in [0.15, 0.2) is 36.4 Å². The number of para-hydroxylation sites is 2. The summed E-state index contributed by atoms with van der Waals surface area (Å²) >= 11 is 0. The van der Waals surface area contributed by atoms with Crippen LogP contribution in [0.4, 0.5) is 0 Å². The summed E-state index contributed by atoms with van der Waals surface area (Å²) in [6.07, 6.45) is 5.04. The topological polar surface area (TPSA) is 17.3 Å². The number of hydrogen-bond acceptors (Lipinski definition) is 1. The van der Waals surface area contributed by atoms with Gasteiger partial charge in [-0.2, -0.15) is 0 Å². The standard InChI is InChI=1S/C15H14N2/c1-3-7-13-11(5-1)9-10-15-16-12-6-2-4-8-14(12)17(13)15/h2,4,6,8-10H,1,3,5,7H2. The van der Waals surface area contributed by atoms with Gasteiger partial charge < -0.3 is 0 Å². The summed E-state index contributed by atoms with van der Waals surface area (Å²) in [5, 5.41) is 0. The Morgan fingerprint density at radius 3 is 2.82 bits per heavy atom. The minimum absolute atomic E-state index is 1.09. The van der Waals surface area contributed by atoms with Crippen molar-refractivity contribution >= 4 is 16.7 Å². The molecule has 0 N–H and O–H groups in total. The molecule has 2 aromatic heterocycles. The largest absolute Gasteiger partial charge is 0.296 e. The van der Waals surface area contributed by atoms with Crippen LogP contribution >= 0.6 is 0 Å². The van der Waals surface area contributed by atoms with Crippen molar-refractivity contribution in [2.24, 2.45) is 0 Å². The van der Waals surface area contributed by atoms with E-state index in [-0.39, 0.29) is 0 Å². The molecule has 3 aromatic rings. The van der Waals surface area contributed by atoms with Gasteiger partial charge in [0.25, 0.3) is 0 Å². The highest BCUT2D eigenvalue weighted by Crippen LogP contribution is 2.26. The highest BCUT2D eigenvalue weighted by molar-refractivity contribution is 5.81. The number of benzene rings is 1. The lowest BCUT2D eigenvalue weighted by Crippen LogP contribution is -2.08. The highest BCUT2D eigenvalue weighted by atomic mass is 15.0. The zero-order valence-corrected chi connectivity index (χ0v) is 9.69. The molecule has 0 unspecified atom stereocenters. The number of pyridine rings is 1. The summed E-state index contributed by atoms with van der Waals surface area (Å²) in [6.45, 7) is 0. The molecule has 0 radical (unpaired) electrons. The number of aryl methyl sites for hydroxylation is 2. The van der Waals surface area contributed by atoms with Crippen LogP contribution in [0.5, 0.6) is 0 Å². The Morgan fingerprint density at radius 1 is 0.941 bits per heavy atom. The van der Waals surface area contributed by atoms with Gasteiger partial charge in [0.05, 0.1) is 11.0 Å². The van der Waals surface area contributed by atoms with Crippen LogP contribution in [0.25, 0.3) is 16.7 Å². The molecular weight excluding hydrogens is 208 g/mol. The number of imidazole rings is 1. The van der Waals surface area contributed by atoms with E-state index in [1.54, 1.807) is 0 Å². The normalized spacial score (nSPS) is 15.3. The van der Waals surface area contributed by atoms with E-state index in [1.807, 2.05) is 0 Å². The molecule has 0 fully saturated rings. The Morgan fingerprint density at radius 2 is 1.82 bits per heavy atom. The molecule has 0 saturated carbocycles. The van der Waals surface area contributed by atoms with E-state index in [0.717, 1.165) is 11.2 Å². The summed E-state index contributed by atoms with van der Waals surface area (Å²) in [6, 6.07) is 12.8. The summed E-state index contributed by atoms with van der Waals surface area (Å²) in [5.74, 6) is 0. The van der Waals surface area contributed by atoms with E-state index in [9.17, 15) is 0 Å². The van der Waals surface area contributed by atoms with E-state index < -0.39 is 0 Å². The van der Waals surface area contributed by atoms with Gasteiger partial charge in [0, 0.05) is 5.69 Å². The first kappa shape index (κ1) is 9.23. The van der Waals surface area contributed by atoms with Crippen LogP contribution in [-0.2, 0) is 12.8 Å². The SMILES string of the molecule is c1ccc2c(c1)nc1ccc3c(n12)CCCC3. The van der Waals surface area contributed by atoms with Gasteiger partial charge >= 0.3 is 0 Å². The van der Waals surface area contributed by atoms with Crippen molar-refractivity contribution in [2.75, 3.05) is 0 Å². The maximum Gasteiger partial charge on any atom is 0.138 e. The molecule has 0 amide bonds. The maximum absolute atomic E-state index is 4.69. The number of aromatic nitrogens is 2. The van der Waals surface area contributed by atoms with E-state index in [2.05, 4.69) is 45.8 Å². The monoisotopic (exact) mass is 222 g/mol. The van der Waals surface area contributed by atoms with Crippen LogP contribution in [-0.4, -0.2) is 9.38 Å². The van der Waals surface area contributed by atoms with Crippen molar-refractivity contribution in [3.05, 3.63) is 47.7 Å². The Kier molecular flexibility index (Phi) is 1.81. The molecule has 0 bridgehead atoms. The molecule has 0 saturated heterocycles. The van der Waals surface area contributed by atoms with Gasteiger partial charge in [-0.05, 0) is 49.4 Å². The van der Waals surface area contributed by atoms with E-state index in [0.29, 0.717) is 0 Å². The molecule has 1 aliphatic rings. The van der Waals surface area contributed by atoms with Crippen LogP contribution in [0, 0.1) is 0 Å².